The number of hydrogen-bond donors (Lipinski definition) is 0. The van der Waals surface area contributed by atoms with Gasteiger partial charge in [0.1, 0.15) is 0 Å². The Morgan fingerprint density at radius 1 is 1.00 bits per heavy atom. The van der Waals surface area contributed by atoms with Gasteiger partial charge in [0.25, 0.3) is 0 Å². The number of carbonyl (C=O) groups excluding carboxylic acids is 1. The van der Waals surface area contributed by atoms with Crippen LogP contribution in [0, 0.1) is 0 Å². The van der Waals surface area contributed by atoms with Gasteiger partial charge in [0.05, 0.1) is 0 Å². The fourth-order valence-corrected chi connectivity index (χ4v) is 9.24. The quantitative estimate of drug-likeness (QED) is 0.600. The number of aliphatic imine (C=N–C) groups is 1. The first-order chi connectivity index (χ1) is 12.9. The molecule has 0 aromatic heterocycles. The summed E-state index contributed by atoms with van der Waals surface area (Å²) in [5, 5.41) is 0. The first-order valence-electron chi connectivity index (χ1n) is 8.91. The second kappa shape index (κ2) is 9.07. The number of rotatable bonds is 5. The summed E-state index contributed by atoms with van der Waals surface area (Å²) in [4.78, 5) is 19.2. The van der Waals surface area contributed by atoms with Crippen molar-refractivity contribution in [2.45, 2.75) is 30.1 Å². The molecule has 1 amide bonds. The Bertz CT molecular complexity index is 747. The Balaban J connectivity index is 1.83. The molecule has 4 nitrogen and oxygen atoms in total. The van der Waals surface area contributed by atoms with Gasteiger partial charge in [-0.3, -0.25) is 0 Å². The molecule has 0 bridgehead atoms. The molecule has 27 heavy (non-hydrogen) atoms. The Morgan fingerprint density at radius 3 is 2.00 bits per heavy atom. The van der Waals surface area contributed by atoms with E-state index in [9.17, 15) is 4.79 Å². The van der Waals surface area contributed by atoms with Crippen LogP contribution in [0.25, 0.3) is 0 Å². The Labute approximate surface area is 173 Å². The van der Waals surface area contributed by atoms with E-state index in [0.29, 0.717) is 13.1 Å². The fraction of sp³-hybridized carbons (Fsp3) is 0.333. The summed E-state index contributed by atoms with van der Waals surface area (Å²) in [6, 6.07) is 21.1. The zero-order valence-corrected chi connectivity index (χ0v) is 19.2. The van der Waals surface area contributed by atoms with Gasteiger partial charge in [-0.25, -0.2) is 0 Å². The number of amidine groups is 1. The van der Waals surface area contributed by atoms with Gasteiger partial charge in [-0.2, -0.15) is 0 Å². The summed E-state index contributed by atoms with van der Waals surface area (Å²) in [6.07, 6.45) is -0.281. The molecule has 1 heterocycles. The average molecular weight is 494 g/mol. The molecule has 2 aromatic rings. The van der Waals surface area contributed by atoms with Crippen molar-refractivity contribution in [3.8, 4) is 0 Å². The van der Waals surface area contributed by atoms with Gasteiger partial charge >= 0.3 is 174 Å². The number of ether oxygens (including phenoxy) is 1. The minimum atomic E-state index is -0.505. The van der Waals surface area contributed by atoms with E-state index in [1.165, 1.54) is 8.92 Å². The van der Waals surface area contributed by atoms with Crippen molar-refractivity contribution < 1.29 is 9.53 Å². The zero-order chi connectivity index (χ0) is 19.3. The molecule has 0 saturated heterocycles. The standard InChI is InChI=1S/C21H24N2O2Se2/c1-21(2,3)25-20(24)23-15-14-22-18(23)19(26-16-10-6-4-7-11-16)27-17-12-8-5-9-13-17/h4-13,19H,14-15H2,1-3H3. The Morgan fingerprint density at radius 2 is 1.52 bits per heavy atom. The van der Waals surface area contributed by atoms with Crippen LogP contribution in [0.3, 0.4) is 0 Å². The van der Waals surface area contributed by atoms with Crippen molar-refractivity contribution in [3.05, 3.63) is 60.7 Å². The van der Waals surface area contributed by atoms with Crippen LogP contribution >= 0.6 is 0 Å². The fourth-order valence-electron chi connectivity index (χ4n) is 2.54. The second-order valence-electron chi connectivity index (χ2n) is 7.07. The normalized spacial score (nSPS) is 14.4. The van der Waals surface area contributed by atoms with Crippen LogP contribution in [-0.4, -0.2) is 65.4 Å². The maximum atomic E-state index is 12.7. The van der Waals surface area contributed by atoms with Crippen molar-refractivity contribution in [1.29, 1.82) is 0 Å². The van der Waals surface area contributed by atoms with Crippen LogP contribution in [0.1, 0.15) is 20.8 Å². The van der Waals surface area contributed by atoms with E-state index >= 15 is 0 Å². The molecule has 0 unspecified atom stereocenters. The van der Waals surface area contributed by atoms with E-state index in [1.807, 2.05) is 32.9 Å². The van der Waals surface area contributed by atoms with Crippen molar-refractivity contribution >= 4 is 50.8 Å². The predicted octanol–water partition coefficient (Wildman–Crippen LogP) is 2.44. The van der Waals surface area contributed by atoms with Crippen molar-refractivity contribution in [2.24, 2.45) is 4.99 Å². The molecule has 1 aliphatic heterocycles. The van der Waals surface area contributed by atoms with Gasteiger partial charge in [-0.05, 0) is 0 Å². The third kappa shape index (κ3) is 5.95. The molecule has 6 heteroatoms. The third-order valence-electron chi connectivity index (χ3n) is 3.67. The van der Waals surface area contributed by atoms with Gasteiger partial charge in [-0.15, -0.1) is 0 Å². The third-order valence-corrected chi connectivity index (χ3v) is 9.84. The topological polar surface area (TPSA) is 41.9 Å². The molecular weight excluding hydrogens is 470 g/mol. The van der Waals surface area contributed by atoms with E-state index in [-0.39, 0.29) is 39.7 Å². The van der Waals surface area contributed by atoms with Crippen molar-refractivity contribution in [2.75, 3.05) is 13.1 Å². The van der Waals surface area contributed by atoms with Crippen LogP contribution in [-0.2, 0) is 4.74 Å². The van der Waals surface area contributed by atoms with E-state index in [0.717, 1.165) is 5.84 Å². The van der Waals surface area contributed by atoms with Crippen LogP contribution in [0.5, 0.6) is 0 Å². The van der Waals surface area contributed by atoms with Crippen LogP contribution in [0.4, 0.5) is 4.79 Å². The molecule has 0 spiro atoms. The predicted molar refractivity (Wildman–Crippen MR) is 113 cm³/mol. The maximum absolute atomic E-state index is 12.7. The Hall–Kier alpha value is -1.58. The molecule has 0 saturated carbocycles. The number of carbonyl (C=O) groups is 1. The zero-order valence-electron chi connectivity index (χ0n) is 15.8. The molecular formula is C21H24N2O2Se2. The van der Waals surface area contributed by atoms with E-state index in [4.69, 9.17) is 9.73 Å². The number of amides is 1. The molecule has 1 aliphatic rings. The first-order valence-corrected chi connectivity index (χ1v) is 12.6. The molecule has 0 aliphatic carbocycles. The molecule has 0 radical (unpaired) electrons. The minimum absolute atomic E-state index is 0.195. The van der Waals surface area contributed by atoms with Crippen molar-refractivity contribution in [1.82, 2.24) is 4.90 Å². The van der Waals surface area contributed by atoms with E-state index in [2.05, 4.69) is 48.5 Å². The van der Waals surface area contributed by atoms with Gasteiger partial charge in [0.2, 0.25) is 0 Å². The van der Waals surface area contributed by atoms with E-state index < -0.39 is 5.60 Å². The number of nitrogens with zero attached hydrogens (tertiary/aromatic N) is 2. The summed E-state index contributed by atoms with van der Waals surface area (Å²) in [5.74, 6) is 0.900. The molecule has 3 rings (SSSR count). The SMILES string of the molecule is CC(C)(C)OC(=O)N1CCN=C1C([Se]c1ccccc1)[Se]c1ccccc1. The molecule has 0 N–H and O–H groups in total. The van der Waals surface area contributed by atoms with Crippen molar-refractivity contribution in [3.63, 3.8) is 0 Å². The monoisotopic (exact) mass is 496 g/mol. The van der Waals surface area contributed by atoms with E-state index in [1.54, 1.807) is 4.90 Å². The van der Waals surface area contributed by atoms with Crippen LogP contribution in [0.15, 0.2) is 65.7 Å². The summed E-state index contributed by atoms with van der Waals surface area (Å²) in [7, 11) is 0. The second-order valence-corrected chi connectivity index (χ2v) is 13.5. The number of hydrogen-bond acceptors (Lipinski definition) is 3. The van der Waals surface area contributed by atoms with Gasteiger partial charge < -0.3 is 0 Å². The Kier molecular flexibility index (Phi) is 6.78. The summed E-state index contributed by atoms with van der Waals surface area (Å²) in [6.45, 7) is 6.96. The first kappa shape index (κ1) is 20.2. The van der Waals surface area contributed by atoms with Gasteiger partial charge in [0.15, 0.2) is 0 Å². The molecule has 0 atom stereocenters. The van der Waals surface area contributed by atoms with Gasteiger partial charge in [-0.1, -0.05) is 0 Å². The molecule has 0 fully saturated rings. The average Bonchev–Trinajstić information content (AvgIpc) is 3.11. The molecule has 2 aromatic carbocycles. The van der Waals surface area contributed by atoms with Crippen LogP contribution < -0.4 is 8.92 Å². The van der Waals surface area contributed by atoms with Gasteiger partial charge in [0, 0.05) is 0 Å². The molecule has 142 valence electrons. The van der Waals surface area contributed by atoms with Crippen LogP contribution in [0.2, 0.25) is 3.71 Å². The summed E-state index contributed by atoms with van der Waals surface area (Å²) in [5.41, 5.74) is -0.505. The summed E-state index contributed by atoms with van der Waals surface area (Å²) >= 11 is 0.390. The number of benzene rings is 2. The summed E-state index contributed by atoms with van der Waals surface area (Å²) < 4.78 is 8.53.